The molecule has 7 nitrogen and oxygen atoms in total. The second-order valence-electron chi connectivity index (χ2n) is 9.23. The van der Waals surface area contributed by atoms with Crippen LogP contribution in [0.3, 0.4) is 0 Å². The van der Waals surface area contributed by atoms with Gasteiger partial charge < -0.3 is 10.4 Å². The standard InChI is InChI=1S/C14H26N2.C11H12ClNO4S/c1-2-3-4-5-6-7-8-9-12-16-14(13-15)10-11-14;12-8-3-1-2-4-10(8)18(16,17)7-5-9(11(14)15)13-6-7/h16H,2-12H2,1H3;1-4,7,9,13H,5-6H2,(H,14,15)/t;7-,9+/m.1/s1. The zero-order valence-electron chi connectivity index (χ0n) is 20.1. The Labute approximate surface area is 209 Å². The molecule has 0 spiro atoms. The summed E-state index contributed by atoms with van der Waals surface area (Å²) in [7, 11) is -3.59. The molecule has 34 heavy (non-hydrogen) atoms. The third-order valence-electron chi connectivity index (χ3n) is 6.43. The van der Waals surface area contributed by atoms with Crippen molar-refractivity contribution in [1.82, 2.24) is 10.6 Å². The molecule has 2 fully saturated rings. The predicted octanol–water partition coefficient (Wildman–Crippen LogP) is 4.70. The molecule has 0 amide bonds. The molecule has 0 radical (unpaired) electrons. The molecule has 0 unspecified atom stereocenters. The summed E-state index contributed by atoms with van der Waals surface area (Å²) in [5.74, 6) is -1.04. The van der Waals surface area contributed by atoms with Gasteiger partial charge in [-0.1, -0.05) is 75.6 Å². The van der Waals surface area contributed by atoms with Gasteiger partial charge in [-0.25, -0.2) is 8.42 Å². The Morgan fingerprint density at radius 1 is 1.18 bits per heavy atom. The highest BCUT2D eigenvalue weighted by atomic mass is 35.5. The topological polar surface area (TPSA) is 119 Å². The third kappa shape index (κ3) is 8.84. The Bertz CT molecular complexity index is 928. The second kappa shape index (κ2) is 14.0. The summed E-state index contributed by atoms with van der Waals surface area (Å²) in [6.45, 7) is 3.42. The van der Waals surface area contributed by atoms with E-state index < -0.39 is 27.1 Å². The fourth-order valence-electron chi connectivity index (χ4n) is 4.02. The molecule has 1 aromatic rings. The van der Waals surface area contributed by atoms with Gasteiger partial charge in [0.15, 0.2) is 9.84 Å². The van der Waals surface area contributed by atoms with Crippen LogP contribution in [-0.2, 0) is 14.6 Å². The number of aliphatic carboxylic acids is 1. The maximum absolute atomic E-state index is 12.3. The number of hydrogen-bond donors (Lipinski definition) is 3. The molecule has 0 aromatic heterocycles. The molecule has 1 heterocycles. The summed E-state index contributed by atoms with van der Waals surface area (Å²) < 4.78 is 24.6. The first-order valence-corrected chi connectivity index (χ1v) is 14.3. The number of nitrogens with one attached hydrogen (secondary N) is 2. The Morgan fingerprint density at radius 2 is 1.79 bits per heavy atom. The minimum absolute atomic E-state index is 0.0584. The van der Waals surface area contributed by atoms with Gasteiger partial charge in [0.25, 0.3) is 0 Å². The molecule has 2 atom stereocenters. The number of rotatable bonds is 13. The van der Waals surface area contributed by atoms with Gasteiger partial charge in [0.05, 0.1) is 21.2 Å². The number of carboxylic acid groups (broad SMARTS) is 1. The fourth-order valence-corrected chi connectivity index (χ4v) is 6.21. The molecule has 0 bridgehead atoms. The summed E-state index contributed by atoms with van der Waals surface area (Å²) in [6, 6.07) is 7.74. The van der Waals surface area contributed by atoms with Crippen LogP contribution in [-0.4, -0.2) is 49.4 Å². The normalized spacial score (nSPS) is 20.7. The van der Waals surface area contributed by atoms with E-state index in [9.17, 15) is 13.2 Å². The Balaban J connectivity index is 0.000000242. The van der Waals surface area contributed by atoms with Gasteiger partial charge in [-0.2, -0.15) is 5.26 Å². The summed E-state index contributed by atoms with van der Waals surface area (Å²) in [6.07, 6.45) is 13.0. The molecular formula is C25H38ClN3O4S. The Morgan fingerprint density at radius 3 is 2.32 bits per heavy atom. The van der Waals surface area contributed by atoms with Crippen LogP contribution in [0.2, 0.25) is 5.02 Å². The second-order valence-corrected chi connectivity index (χ2v) is 11.8. The zero-order chi connectivity index (χ0) is 25.0. The van der Waals surface area contributed by atoms with Crippen LogP contribution >= 0.6 is 11.6 Å². The van der Waals surface area contributed by atoms with E-state index in [4.69, 9.17) is 22.0 Å². The predicted molar refractivity (Wildman–Crippen MR) is 135 cm³/mol. The minimum Gasteiger partial charge on any atom is -0.480 e. The van der Waals surface area contributed by atoms with Crippen molar-refractivity contribution >= 4 is 27.4 Å². The van der Waals surface area contributed by atoms with Crippen molar-refractivity contribution in [2.45, 2.75) is 99.3 Å². The lowest BCUT2D eigenvalue weighted by Gasteiger charge is -2.11. The van der Waals surface area contributed by atoms with Gasteiger partial charge in [-0.15, -0.1) is 0 Å². The number of halogens is 1. The molecule has 9 heteroatoms. The van der Waals surface area contributed by atoms with E-state index in [2.05, 4.69) is 23.6 Å². The van der Waals surface area contributed by atoms with Gasteiger partial charge in [0.1, 0.15) is 11.6 Å². The van der Waals surface area contributed by atoms with Crippen molar-refractivity contribution in [2.24, 2.45) is 0 Å². The first-order valence-electron chi connectivity index (χ1n) is 12.4. The minimum atomic E-state index is -3.59. The molecule has 190 valence electrons. The highest BCUT2D eigenvalue weighted by Crippen LogP contribution is 2.34. The van der Waals surface area contributed by atoms with Crippen LogP contribution in [0.5, 0.6) is 0 Å². The quantitative estimate of drug-likeness (QED) is 0.328. The van der Waals surface area contributed by atoms with Crippen LogP contribution in [0.15, 0.2) is 29.2 Å². The number of unbranched alkanes of at least 4 members (excludes halogenated alkanes) is 7. The number of carboxylic acids is 1. The molecule has 3 rings (SSSR count). The average Bonchev–Trinajstić information content (AvgIpc) is 3.41. The number of sulfone groups is 1. The molecule has 1 saturated carbocycles. The first kappa shape index (κ1) is 28.6. The van der Waals surface area contributed by atoms with Gasteiger partial charge in [0, 0.05) is 6.54 Å². The van der Waals surface area contributed by atoms with E-state index >= 15 is 0 Å². The lowest BCUT2D eigenvalue weighted by Crippen LogP contribution is -2.30. The van der Waals surface area contributed by atoms with Crippen molar-refractivity contribution in [3.05, 3.63) is 29.3 Å². The number of nitrogens with zero attached hydrogens (tertiary/aromatic N) is 1. The number of carbonyl (C=O) groups is 1. The lowest BCUT2D eigenvalue weighted by atomic mass is 10.1. The monoisotopic (exact) mass is 511 g/mol. The smallest absolute Gasteiger partial charge is 0.320 e. The Kier molecular flexibility index (Phi) is 11.8. The van der Waals surface area contributed by atoms with Gasteiger partial charge >= 0.3 is 5.97 Å². The van der Waals surface area contributed by atoms with Crippen LogP contribution < -0.4 is 10.6 Å². The summed E-state index contributed by atoms with van der Waals surface area (Å²) in [4.78, 5) is 10.9. The van der Waals surface area contributed by atoms with E-state index in [1.54, 1.807) is 12.1 Å². The van der Waals surface area contributed by atoms with Crippen LogP contribution in [0.25, 0.3) is 0 Å². The van der Waals surface area contributed by atoms with Crippen LogP contribution in [0.1, 0.15) is 77.6 Å². The van der Waals surface area contributed by atoms with Crippen molar-refractivity contribution in [3.63, 3.8) is 0 Å². The third-order valence-corrected chi connectivity index (χ3v) is 9.08. The van der Waals surface area contributed by atoms with E-state index in [0.717, 1.165) is 19.4 Å². The van der Waals surface area contributed by atoms with Crippen molar-refractivity contribution in [3.8, 4) is 6.07 Å². The van der Waals surface area contributed by atoms with E-state index in [-0.39, 0.29) is 28.4 Å². The highest BCUT2D eigenvalue weighted by molar-refractivity contribution is 7.92. The van der Waals surface area contributed by atoms with Gasteiger partial charge in [-0.05, 0) is 44.4 Å². The molecule has 1 aromatic carbocycles. The van der Waals surface area contributed by atoms with E-state index in [1.807, 2.05) is 0 Å². The lowest BCUT2D eigenvalue weighted by molar-refractivity contribution is -0.139. The zero-order valence-corrected chi connectivity index (χ0v) is 21.6. The average molecular weight is 512 g/mol. The Hall–Kier alpha value is -1.66. The molecule has 1 aliphatic heterocycles. The molecule has 3 N–H and O–H groups in total. The first-order chi connectivity index (χ1) is 16.3. The largest absolute Gasteiger partial charge is 0.480 e. The molecule has 1 aliphatic carbocycles. The summed E-state index contributed by atoms with van der Waals surface area (Å²) in [5.41, 5.74) is -0.110. The van der Waals surface area contributed by atoms with E-state index in [1.165, 1.54) is 63.5 Å². The fraction of sp³-hybridized carbons (Fsp3) is 0.680. The molecular weight excluding hydrogens is 474 g/mol. The summed E-state index contributed by atoms with van der Waals surface area (Å²) in [5, 5.41) is 23.2. The molecule has 2 aliphatic rings. The van der Waals surface area contributed by atoms with Crippen molar-refractivity contribution in [1.29, 1.82) is 5.26 Å². The highest BCUT2D eigenvalue weighted by Gasteiger charge is 2.42. The van der Waals surface area contributed by atoms with Crippen LogP contribution in [0, 0.1) is 11.3 Å². The van der Waals surface area contributed by atoms with Crippen molar-refractivity contribution in [2.75, 3.05) is 13.1 Å². The number of benzene rings is 1. The number of hydrogen-bond acceptors (Lipinski definition) is 6. The SMILES string of the molecule is CCCCCCCCCCNC1(C#N)CC1.O=C(O)[C@@H]1C[C@@H](S(=O)(=O)c2ccccc2Cl)CN1. The summed E-state index contributed by atoms with van der Waals surface area (Å²) >= 11 is 5.87. The van der Waals surface area contributed by atoms with Crippen LogP contribution in [0.4, 0.5) is 0 Å². The van der Waals surface area contributed by atoms with Crippen molar-refractivity contribution < 1.29 is 18.3 Å². The van der Waals surface area contributed by atoms with E-state index in [0.29, 0.717) is 0 Å². The van der Waals surface area contributed by atoms with Gasteiger partial charge in [0.2, 0.25) is 0 Å². The molecule has 1 saturated heterocycles. The van der Waals surface area contributed by atoms with Gasteiger partial charge in [-0.3, -0.25) is 10.1 Å². The maximum atomic E-state index is 12.3. The maximum Gasteiger partial charge on any atom is 0.320 e. The number of nitriles is 1.